The van der Waals surface area contributed by atoms with Gasteiger partial charge >= 0.3 is 0 Å². The Hall–Kier alpha value is -0.360. The Balaban J connectivity index is 2.14. The van der Waals surface area contributed by atoms with Gasteiger partial charge in [0.05, 0.1) is 13.2 Å². The van der Waals surface area contributed by atoms with Crippen molar-refractivity contribution in [1.29, 1.82) is 0 Å². The van der Waals surface area contributed by atoms with E-state index < -0.39 is 31.1 Å². The number of unbranched alkanes of at least 4 members (excludes halogenated alkanes) is 2. The number of hydrogen-bond donors (Lipinski definition) is 3. The summed E-state index contributed by atoms with van der Waals surface area (Å²) in [6, 6.07) is 0. The zero-order valence-electron chi connectivity index (χ0n) is 15.0. The van der Waals surface area contributed by atoms with Crippen LogP contribution in [-0.2, 0) is 28.4 Å². The van der Waals surface area contributed by atoms with Crippen LogP contribution in [0, 0.1) is 0 Å². The molecule has 1 heterocycles. The topological polar surface area (TPSA) is 116 Å². The molecule has 9 heteroatoms. The molecular weight excluding hydrogens is 336 g/mol. The van der Waals surface area contributed by atoms with E-state index in [1.165, 1.54) is 0 Å². The van der Waals surface area contributed by atoms with Crippen molar-refractivity contribution in [3.63, 3.8) is 0 Å². The lowest BCUT2D eigenvalue weighted by atomic mass is 10.2. The molecule has 0 aliphatic carbocycles. The fourth-order valence-electron chi connectivity index (χ4n) is 2.21. The fourth-order valence-corrected chi connectivity index (χ4v) is 2.21. The van der Waals surface area contributed by atoms with E-state index >= 15 is 0 Å². The van der Waals surface area contributed by atoms with Gasteiger partial charge in [-0.15, -0.1) is 0 Å². The Morgan fingerprint density at radius 1 is 1.04 bits per heavy atom. The molecule has 0 aromatic carbocycles. The second-order valence-corrected chi connectivity index (χ2v) is 5.75. The lowest BCUT2D eigenvalue weighted by molar-refractivity contribution is -0.387. The van der Waals surface area contributed by atoms with E-state index in [1.807, 2.05) is 6.92 Å². The molecule has 25 heavy (non-hydrogen) atoms. The van der Waals surface area contributed by atoms with Crippen molar-refractivity contribution in [3.05, 3.63) is 0 Å². The molecule has 1 saturated heterocycles. The summed E-state index contributed by atoms with van der Waals surface area (Å²) in [4.78, 5) is 0. The molecule has 3 N–H and O–H groups in total. The molecule has 1 fully saturated rings. The van der Waals surface area contributed by atoms with Crippen molar-refractivity contribution in [2.75, 3.05) is 40.3 Å². The number of hydrogen-bond acceptors (Lipinski definition) is 9. The van der Waals surface area contributed by atoms with Crippen molar-refractivity contribution in [3.8, 4) is 0 Å². The molecule has 0 bridgehead atoms. The number of methoxy groups -OCH3 is 1. The molecule has 9 nitrogen and oxygen atoms in total. The van der Waals surface area contributed by atoms with Gasteiger partial charge in [-0.3, -0.25) is 0 Å². The lowest BCUT2D eigenvalue weighted by Gasteiger charge is -2.36. The van der Waals surface area contributed by atoms with Crippen LogP contribution < -0.4 is 0 Å². The molecule has 1 rings (SSSR count). The first kappa shape index (κ1) is 22.7. The van der Waals surface area contributed by atoms with Crippen LogP contribution in [0.4, 0.5) is 0 Å². The Morgan fingerprint density at radius 3 is 2.48 bits per heavy atom. The van der Waals surface area contributed by atoms with Gasteiger partial charge in [0.1, 0.15) is 19.0 Å². The third kappa shape index (κ3) is 9.23. The van der Waals surface area contributed by atoms with E-state index in [0.29, 0.717) is 13.0 Å². The summed E-state index contributed by atoms with van der Waals surface area (Å²) in [6.07, 6.45) is -1.41. The zero-order valence-corrected chi connectivity index (χ0v) is 15.0. The van der Waals surface area contributed by atoms with Gasteiger partial charge in [0.2, 0.25) is 12.6 Å². The highest BCUT2D eigenvalue weighted by Gasteiger charge is 2.37. The summed E-state index contributed by atoms with van der Waals surface area (Å²) < 4.78 is 31.4. The largest absolute Gasteiger partial charge is 0.394 e. The summed E-state index contributed by atoms with van der Waals surface area (Å²) in [5.74, 6) is 0. The van der Waals surface area contributed by atoms with Crippen LogP contribution in [0.25, 0.3) is 0 Å². The molecule has 150 valence electrons. The first-order chi connectivity index (χ1) is 12.1. The number of ether oxygens (including phenoxy) is 6. The van der Waals surface area contributed by atoms with Gasteiger partial charge < -0.3 is 43.7 Å². The van der Waals surface area contributed by atoms with Gasteiger partial charge in [-0.2, -0.15) is 0 Å². The molecular formula is C16H32O9. The minimum Gasteiger partial charge on any atom is -0.394 e. The smallest absolute Gasteiger partial charge is 0.209 e. The molecule has 1 aliphatic heterocycles. The normalized spacial score (nSPS) is 28.2. The number of rotatable bonds is 14. The summed E-state index contributed by atoms with van der Waals surface area (Å²) in [5.41, 5.74) is 0. The Kier molecular flexibility index (Phi) is 12.5. The maximum atomic E-state index is 9.70. The van der Waals surface area contributed by atoms with Crippen LogP contribution >= 0.6 is 0 Å². The first-order valence-corrected chi connectivity index (χ1v) is 8.70. The van der Waals surface area contributed by atoms with Gasteiger partial charge in [-0.25, -0.2) is 0 Å². The van der Waals surface area contributed by atoms with Gasteiger partial charge in [0.15, 0.2) is 6.29 Å². The zero-order chi connectivity index (χ0) is 18.5. The SMILES string of the molecule is CCC1OC(OCC(CO)OCOCCCCCOC)C(O)OC1O. The van der Waals surface area contributed by atoms with Crippen LogP contribution in [0.3, 0.4) is 0 Å². The van der Waals surface area contributed by atoms with Gasteiger partial charge in [0.25, 0.3) is 0 Å². The van der Waals surface area contributed by atoms with Gasteiger partial charge in [0, 0.05) is 20.3 Å². The number of aliphatic hydroxyl groups is 3. The van der Waals surface area contributed by atoms with Crippen LogP contribution in [-0.4, -0.2) is 86.7 Å². The highest BCUT2D eigenvalue weighted by Crippen LogP contribution is 2.21. The minimum atomic E-state index is -1.40. The summed E-state index contributed by atoms with van der Waals surface area (Å²) >= 11 is 0. The monoisotopic (exact) mass is 368 g/mol. The quantitative estimate of drug-likeness (QED) is 0.287. The Bertz CT molecular complexity index is 318. The van der Waals surface area contributed by atoms with Crippen molar-refractivity contribution < 1.29 is 43.7 Å². The molecule has 0 aromatic rings. The van der Waals surface area contributed by atoms with E-state index in [1.54, 1.807) is 7.11 Å². The molecule has 5 atom stereocenters. The first-order valence-electron chi connectivity index (χ1n) is 8.70. The van der Waals surface area contributed by atoms with E-state index in [9.17, 15) is 15.3 Å². The van der Waals surface area contributed by atoms with E-state index in [2.05, 4.69) is 0 Å². The van der Waals surface area contributed by atoms with Crippen molar-refractivity contribution >= 4 is 0 Å². The highest BCUT2D eigenvalue weighted by molar-refractivity contribution is 4.68. The fraction of sp³-hybridized carbons (Fsp3) is 1.00. The van der Waals surface area contributed by atoms with Crippen LogP contribution in [0.5, 0.6) is 0 Å². The van der Waals surface area contributed by atoms with E-state index in [-0.39, 0.29) is 20.0 Å². The second kappa shape index (κ2) is 13.8. The average Bonchev–Trinajstić information content (AvgIpc) is 2.61. The lowest BCUT2D eigenvalue weighted by Crippen LogP contribution is -2.50. The number of aliphatic hydroxyl groups excluding tert-OH is 3. The van der Waals surface area contributed by atoms with Gasteiger partial charge in [-0.1, -0.05) is 6.92 Å². The molecule has 5 unspecified atom stereocenters. The molecule has 0 amide bonds. The maximum absolute atomic E-state index is 9.70. The van der Waals surface area contributed by atoms with Crippen molar-refractivity contribution in [2.45, 2.75) is 63.7 Å². The molecule has 0 aromatic heterocycles. The second-order valence-electron chi connectivity index (χ2n) is 5.75. The van der Waals surface area contributed by atoms with E-state index in [4.69, 9.17) is 28.4 Å². The third-order valence-corrected chi connectivity index (χ3v) is 3.72. The molecule has 0 radical (unpaired) electrons. The molecule has 0 spiro atoms. The van der Waals surface area contributed by atoms with Crippen LogP contribution in [0.15, 0.2) is 0 Å². The van der Waals surface area contributed by atoms with Crippen LogP contribution in [0.2, 0.25) is 0 Å². The third-order valence-electron chi connectivity index (χ3n) is 3.72. The summed E-state index contributed by atoms with van der Waals surface area (Å²) in [6.45, 7) is 2.90. The molecule has 0 saturated carbocycles. The Morgan fingerprint density at radius 2 is 1.80 bits per heavy atom. The van der Waals surface area contributed by atoms with E-state index in [0.717, 1.165) is 25.9 Å². The Labute approximate surface area is 148 Å². The predicted octanol–water partition coefficient (Wildman–Crippen LogP) is -0.0404. The predicted molar refractivity (Wildman–Crippen MR) is 86.5 cm³/mol. The van der Waals surface area contributed by atoms with Crippen molar-refractivity contribution in [1.82, 2.24) is 0 Å². The molecule has 1 aliphatic rings. The average molecular weight is 368 g/mol. The minimum absolute atomic E-state index is 0.00862. The van der Waals surface area contributed by atoms with Crippen LogP contribution in [0.1, 0.15) is 32.6 Å². The highest BCUT2D eigenvalue weighted by atomic mass is 16.8. The summed E-state index contributed by atoms with van der Waals surface area (Å²) in [5, 5.41) is 28.6. The summed E-state index contributed by atoms with van der Waals surface area (Å²) in [7, 11) is 1.68. The van der Waals surface area contributed by atoms with Crippen molar-refractivity contribution in [2.24, 2.45) is 0 Å². The standard InChI is InChI=1S/C16H32O9/c1-3-13-14(18)25-15(19)16(24-13)22-10-12(9-17)23-11-21-8-6-4-5-7-20-2/h12-19H,3-11H2,1-2H3. The maximum Gasteiger partial charge on any atom is 0.209 e. The van der Waals surface area contributed by atoms with Gasteiger partial charge in [-0.05, 0) is 25.7 Å².